The fourth-order valence-electron chi connectivity index (χ4n) is 1.03. The summed E-state index contributed by atoms with van der Waals surface area (Å²) in [7, 11) is 1.47. The first-order valence-corrected chi connectivity index (χ1v) is 3.26. The van der Waals surface area contributed by atoms with Gasteiger partial charge in [0.15, 0.2) is 0 Å². The Kier molecular flexibility index (Phi) is 1.15. The first-order chi connectivity index (χ1) is 5.74. The van der Waals surface area contributed by atoms with E-state index in [1.165, 1.54) is 22.7 Å². The number of imidazole rings is 1. The Hall–Kier alpha value is -1.92. The normalized spacial score (nSPS) is 10.8. The number of aromatic nitrogens is 4. The quantitative estimate of drug-likeness (QED) is 0.554. The van der Waals surface area contributed by atoms with Crippen molar-refractivity contribution in [1.82, 2.24) is 19.3 Å². The summed E-state index contributed by atoms with van der Waals surface area (Å²) >= 11 is 0. The number of anilines is 2. The molecule has 0 saturated heterocycles. The van der Waals surface area contributed by atoms with Crippen molar-refractivity contribution < 1.29 is 4.84 Å². The number of nitrogen functional groups attached to an aromatic ring is 2. The predicted octanol–water partition coefficient (Wildman–Crippen LogP) is -1.25. The highest BCUT2D eigenvalue weighted by Crippen LogP contribution is 2.09. The second-order valence-corrected chi connectivity index (χ2v) is 2.22. The fourth-order valence-corrected chi connectivity index (χ4v) is 1.03. The summed E-state index contributed by atoms with van der Waals surface area (Å²) in [6.07, 6.45) is 1.48. The SMILES string of the molecule is COn1c(N)nc2ncc(N)n21. The number of nitrogens with two attached hydrogens (primary N) is 2. The molecule has 0 saturated carbocycles. The lowest BCUT2D eigenvalue weighted by molar-refractivity contribution is 0.130. The molecule has 7 nitrogen and oxygen atoms in total. The van der Waals surface area contributed by atoms with Crippen LogP contribution < -0.4 is 16.3 Å². The summed E-state index contributed by atoms with van der Waals surface area (Å²) in [6, 6.07) is 0. The fraction of sp³-hybridized carbons (Fsp3) is 0.200. The molecule has 0 amide bonds. The second kappa shape index (κ2) is 2.03. The third-order valence-electron chi connectivity index (χ3n) is 1.51. The van der Waals surface area contributed by atoms with Crippen LogP contribution in [0.15, 0.2) is 6.20 Å². The molecular weight excluding hydrogens is 160 g/mol. The van der Waals surface area contributed by atoms with Crippen LogP contribution in [0.3, 0.4) is 0 Å². The Morgan fingerprint density at radius 3 is 2.92 bits per heavy atom. The summed E-state index contributed by atoms with van der Waals surface area (Å²) in [5, 5.41) is 0. The van der Waals surface area contributed by atoms with E-state index in [9.17, 15) is 0 Å². The van der Waals surface area contributed by atoms with Crippen LogP contribution in [0.1, 0.15) is 0 Å². The standard InChI is InChI=1S/C5H8N6O/c1-12-11-4(7)9-5-8-2-3(6)10(5)11/h2H,6H2,1H3,(H2,7,8,9). The highest BCUT2D eigenvalue weighted by molar-refractivity contribution is 5.44. The Bertz CT molecular complexity index is 415. The Morgan fingerprint density at radius 2 is 2.25 bits per heavy atom. The largest absolute Gasteiger partial charge is 0.398 e. The zero-order valence-electron chi connectivity index (χ0n) is 6.43. The van der Waals surface area contributed by atoms with Gasteiger partial charge in [0.2, 0.25) is 0 Å². The second-order valence-electron chi connectivity index (χ2n) is 2.22. The maximum Gasteiger partial charge on any atom is 0.257 e. The predicted molar refractivity (Wildman–Crippen MR) is 42.3 cm³/mol. The maximum atomic E-state index is 5.57. The maximum absolute atomic E-state index is 5.57. The minimum Gasteiger partial charge on any atom is -0.398 e. The summed E-state index contributed by atoms with van der Waals surface area (Å²) in [6.45, 7) is 0. The molecule has 0 fully saturated rings. The van der Waals surface area contributed by atoms with Crippen LogP contribution in [0, 0.1) is 0 Å². The lowest BCUT2D eigenvalue weighted by Crippen LogP contribution is -2.16. The molecule has 0 aromatic carbocycles. The number of hydrogen-bond acceptors (Lipinski definition) is 5. The van der Waals surface area contributed by atoms with Crippen molar-refractivity contribution in [2.24, 2.45) is 0 Å². The third kappa shape index (κ3) is 0.644. The van der Waals surface area contributed by atoms with Gasteiger partial charge in [-0.25, -0.2) is 4.98 Å². The van der Waals surface area contributed by atoms with Gasteiger partial charge in [-0.15, -0.1) is 0 Å². The Morgan fingerprint density at radius 1 is 1.50 bits per heavy atom. The topological polar surface area (TPSA) is 96.4 Å². The number of fused-ring (bicyclic) bond motifs is 1. The number of hydrogen-bond donors (Lipinski definition) is 2. The minimum atomic E-state index is 0.215. The van der Waals surface area contributed by atoms with E-state index in [1.807, 2.05) is 0 Å². The van der Waals surface area contributed by atoms with E-state index in [0.29, 0.717) is 11.6 Å². The van der Waals surface area contributed by atoms with Crippen LogP contribution in [0.2, 0.25) is 0 Å². The average molecular weight is 168 g/mol. The lowest BCUT2D eigenvalue weighted by atomic mass is 10.8. The van der Waals surface area contributed by atoms with E-state index in [4.69, 9.17) is 16.3 Å². The summed E-state index contributed by atoms with van der Waals surface area (Å²) in [4.78, 5) is 14.0. The summed E-state index contributed by atoms with van der Waals surface area (Å²) in [5.41, 5.74) is 11.1. The van der Waals surface area contributed by atoms with Crippen LogP contribution in [0.5, 0.6) is 0 Å². The summed E-state index contributed by atoms with van der Waals surface area (Å²) < 4.78 is 1.47. The van der Waals surface area contributed by atoms with Crippen molar-refractivity contribution in [3.63, 3.8) is 0 Å². The monoisotopic (exact) mass is 168 g/mol. The van der Waals surface area contributed by atoms with E-state index in [2.05, 4.69) is 9.97 Å². The van der Waals surface area contributed by atoms with Crippen molar-refractivity contribution in [1.29, 1.82) is 0 Å². The molecule has 0 aliphatic rings. The molecule has 0 spiro atoms. The highest BCUT2D eigenvalue weighted by Gasteiger charge is 2.10. The minimum absolute atomic E-state index is 0.215. The molecule has 2 aromatic rings. The molecular formula is C5H8N6O. The van der Waals surface area contributed by atoms with Crippen LogP contribution in [0.25, 0.3) is 5.78 Å². The van der Waals surface area contributed by atoms with Gasteiger partial charge in [0.25, 0.3) is 11.7 Å². The summed E-state index contributed by atoms with van der Waals surface area (Å²) in [5.74, 6) is 1.07. The van der Waals surface area contributed by atoms with E-state index in [1.54, 1.807) is 0 Å². The van der Waals surface area contributed by atoms with Crippen LogP contribution in [-0.2, 0) is 0 Å². The Labute approximate surface area is 67.5 Å². The van der Waals surface area contributed by atoms with Gasteiger partial charge in [0.05, 0.1) is 6.20 Å². The molecule has 0 unspecified atom stereocenters. The van der Waals surface area contributed by atoms with Gasteiger partial charge in [0, 0.05) is 0 Å². The van der Waals surface area contributed by atoms with Gasteiger partial charge >= 0.3 is 0 Å². The van der Waals surface area contributed by atoms with E-state index >= 15 is 0 Å². The molecule has 0 aliphatic heterocycles. The zero-order chi connectivity index (χ0) is 8.72. The smallest absolute Gasteiger partial charge is 0.257 e. The van der Waals surface area contributed by atoms with Crippen LogP contribution in [0.4, 0.5) is 11.8 Å². The molecule has 64 valence electrons. The van der Waals surface area contributed by atoms with Crippen molar-refractivity contribution in [2.45, 2.75) is 0 Å². The molecule has 0 radical (unpaired) electrons. The first-order valence-electron chi connectivity index (χ1n) is 3.26. The molecule has 12 heavy (non-hydrogen) atoms. The van der Waals surface area contributed by atoms with Gasteiger partial charge in [-0.05, 0) is 0 Å². The Balaban J connectivity index is 2.84. The van der Waals surface area contributed by atoms with Gasteiger partial charge in [-0.3, -0.25) is 0 Å². The number of rotatable bonds is 1. The van der Waals surface area contributed by atoms with E-state index < -0.39 is 0 Å². The third-order valence-corrected chi connectivity index (χ3v) is 1.51. The van der Waals surface area contributed by atoms with Crippen molar-refractivity contribution in [2.75, 3.05) is 18.6 Å². The highest BCUT2D eigenvalue weighted by atomic mass is 16.7. The average Bonchev–Trinajstić information content (AvgIpc) is 2.52. The van der Waals surface area contributed by atoms with Gasteiger partial charge in [-0.2, -0.15) is 9.50 Å². The lowest BCUT2D eigenvalue weighted by Gasteiger charge is -2.02. The van der Waals surface area contributed by atoms with Crippen LogP contribution >= 0.6 is 0 Å². The molecule has 0 aliphatic carbocycles. The molecule has 2 rings (SSSR count). The van der Waals surface area contributed by atoms with Crippen molar-refractivity contribution in [3.8, 4) is 0 Å². The van der Waals surface area contributed by atoms with Crippen molar-refractivity contribution >= 4 is 17.5 Å². The van der Waals surface area contributed by atoms with E-state index in [-0.39, 0.29) is 5.95 Å². The molecule has 4 N–H and O–H groups in total. The molecule has 2 heterocycles. The van der Waals surface area contributed by atoms with E-state index in [0.717, 1.165) is 0 Å². The van der Waals surface area contributed by atoms with Crippen molar-refractivity contribution in [3.05, 3.63) is 6.20 Å². The molecule has 2 aromatic heterocycles. The molecule has 0 atom stereocenters. The number of nitrogens with zero attached hydrogens (tertiary/aromatic N) is 4. The molecule has 0 bridgehead atoms. The van der Waals surface area contributed by atoms with Crippen LogP contribution in [-0.4, -0.2) is 26.4 Å². The van der Waals surface area contributed by atoms with Gasteiger partial charge in [0.1, 0.15) is 12.9 Å². The first kappa shape index (κ1) is 6.77. The van der Waals surface area contributed by atoms with Gasteiger partial charge < -0.3 is 16.3 Å². The van der Waals surface area contributed by atoms with Gasteiger partial charge in [-0.1, -0.05) is 4.85 Å². The zero-order valence-corrected chi connectivity index (χ0v) is 6.43. The molecule has 7 heteroatoms.